The highest BCUT2D eigenvalue weighted by molar-refractivity contribution is 5.96. The molecule has 1 amide bonds. The summed E-state index contributed by atoms with van der Waals surface area (Å²) in [6.45, 7) is 3.60. The van der Waals surface area contributed by atoms with E-state index < -0.39 is 10.8 Å². The fourth-order valence-electron chi connectivity index (χ4n) is 4.26. The molecular weight excluding hydrogens is 284 g/mol. The molecular formula is C15H22N4O3. The average molecular weight is 306 g/mol. The zero-order valence-electron chi connectivity index (χ0n) is 13.2. The third kappa shape index (κ3) is 2.38. The SMILES string of the molecule is Cc1c([N+](=O)[O-])c(C(=O)N[C@@H](C)[C@@H]2C[C@@H]3CC[C@@H]2C3)nn1C. The van der Waals surface area contributed by atoms with Crippen molar-refractivity contribution >= 4 is 11.6 Å². The highest BCUT2D eigenvalue weighted by atomic mass is 16.6. The lowest BCUT2D eigenvalue weighted by Crippen LogP contribution is -2.40. The van der Waals surface area contributed by atoms with E-state index in [9.17, 15) is 14.9 Å². The molecule has 0 spiro atoms. The highest BCUT2D eigenvalue weighted by Gasteiger charge is 2.42. The molecule has 7 nitrogen and oxygen atoms in total. The number of carbonyl (C=O) groups excluding carboxylic acids is 1. The lowest BCUT2D eigenvalue weighted by Gasteiger charge is -2.28. The van der Waals surface area contributed by atoms with E-state index in [1.165, 1.54) is 23.9 Å². The van der Waals surface area contributed by atoms with Gasteiger partial charge in [-0.15, -0.1) is 0 Å². The number of hydrogen-bond acceptors (Lipinski definition) is 4. The van der Waals surface area contributed by atoms with Crippen LogP contribution in [0.3, 0.4) is 0 Å². The average Bonchev–Trinajstić information content (AvgIpc) is 3.14. The summed E-state index contributed by atoms with van der Waals surface area (Å²) in [7, 11) is 1.61. The number of aryl methyl sites for hydroxylation is 1. The van der Waals surface area contributed by atoms with Crippen LogP contribution < -0.4 is 5.32 Å². The summed E-state index contributed by atoms with van der Waals surface area (Å²) in [4.78, 5) is 23.1. The number of nitro groups is 1. The maximum absolute atomic E-state index is 12.4. The van der Waals surface area contributed by atoms with Gasteiger partial charge in [0.15, 0.2) is 0 Å². The summed E-state index contributed by atoms with van der Waals surface area (Å²) in [5.74, 6) is 1.55. The van der Waals surface area contributed by atoms with Crippen LogP contribution in [0.2, 0.25) is 0 Å². The van der Waals surface area contributed by atoms with Crippen molar-refractivity contribution in [2.24, 2.45) is 24.8 Å². The molecule has 0 saturated heterocycles. The van der Waals surface area contributed by atoms with Crippen LogP contribution in [0.4, 0.5) is 5.69 Å². The molecule has 22 heavy (non-hydrogen) atoms. The van der Waals surface area contributed by atoms with Crippen LogP contribution in [0, 0.1) is 34.8 Å². The van der Waals surface area contributed by atoms with Gasteiger partial charge in [0.2, 0.25) is 5.69 Å². The Morgan fingerprint density at radius 2 is 2.18 bits per heavy atom. The van der Waals surface area contributed by atoms with Crippen molar-refractivity contribution in [3.05, 3.63) is 21.5 Å². The number of amides is 1. The fourth-order valence-corrected chi connectivity index (χ4v) is 4.26. The van der Waals surface area contributed by atoms with Crippen molar-refractivity contribution in [3.8, 4) is 0 Å². The normalized spacial score (nSPS) is 27.9. The van der Waals surface area contributed by atoms with Crippen LogP contribution in [0.15, 0.2) is 0 Å². The minimum Gasteiger partial charge on any atom is -0.348 e. The Kier molecular flexibility index (Phi) is 3.66. The molecule has 0 aromatic carbocycles. The van der Waals surface area contributed by atoms with Gasteiger partial charge in [-0.25, -0.2) is 0 Å². The predicted octanol–water partition coefficient (Wildman–Crippen LogP) is 2.19. The van der Waals surface area contributed by atoms with Crippen LogP contribution in [0.1, 0.15) is 48.8 Å². The van der Waals surface area contributed by atoms with Crippen LogP contribution in [0.25, 0.3) is 0 Å². The molecule has 1 heterocycles. The molecule has 2 fully saturated rings. The molecule has 7 heteroatoms. The Morgan fingerprint density at radius 1 is 1.45 bits per heavy atom. The van der Waals surface area contributed by atoms with Gasteiger partial charge in [0.25, 0.3) is 5.91 Å². The lowest BCUT2D eigenvalue weighted by molar-refractivity contribution is -0.385. The van der Waals surface area contributed by atoms with E-state index in [1.807, 2.05) is 6.92 Å². The fraction of sp³-hybridized carbons (Fsp3) is 0.733. The van der Waals surface area contributed by atoms with E-state index in [1.54, 1.807) is 14.0 Å². The van der Waals surface area contributed by atoms with Gasteiger partial charge in [0, 0.05) is 13.1 Å². The largest absolute Gasteiger partial charge is 0.348 e. The van der Waals surface area contributed by atoms with Gasteiger partial charge in [-0.1, -0.05) is 6.42 Å². The molecule has 120 valence electrons. The number of carbonyl (C=O) groups is 1. The third-order valence-electron chi connectivity index (χ3n) is 5.49. The minimum absolute atomic E-state index is 0.0321. The molecule has 1 N–H and O–H groups in total. The second kappa shape index (κ2) is 5.37. The van der Waals surface area contributed by atoms with Gasteiger partial charge < -0.3 is 5.32 Å². The van der Waals surface area contributed by atoms with Crippen LogP contribution in [0.5, 0.6) is 0 Å². The summed E-state index contributed by atoms with van der Waals surface area (Å²) in [5, 5.41) is 18.1. The number of aromatic nitrogens is 2. The van der Waals surface area contributed by atoms with Crippen molar-refractivity contribution in [3.63, 3.8) is 0 Å². The Labute approximate surface area is 129 Å². The molecule has 0 aliphatic heterocycles. The van der Waals surface area contributed by atoms with Gasteiger partial charge in [0.05, 0.1) is 4.92 Å². The van der Waals surface area contributed by atoms with E-state index in [4.69, 9.17) is 0 Å². The first kappa shape index (κ1) is 15.0. The first-order valence-corrected chi connectivity index (χ1v) is 7.87. The lowest BCUT2D eigenvalue weighted by atomic mass is 9.84. The number of rotatable bonds is 4. The van der Waals surface area contributed by atoms with Gasteiger partial charge in [0.1, 0.15) is 5.69 Å². The van der Waals surface area contributed by atoms with Crippen LogP contribution >= 0.6 is 0 Å². The zero-order valence-corrected chi connectivity index (χ0v) is 13.2. The first-order chi connectivity index (χ1) is 10.4. The molecule has 2 aliphatic carbocycles. The van der Waals surface area contributed by atoms with Crippen LogP contribution in [-0.2, 0) is 7.05 Å². The molecule has 1 aromatic heterocycles. The van der Waals surface area contributed by atoms with E-state index in [0.29, 0.717) is 17.5 Å². The summed E-state index contributed by atoms with van der Waals surface area (Å²) >= 11 is 0. The summed E-state index contributed by atoms with van der Waals surface area (Å²) in [6, 6.07) is 0.0321. The smallest absolute Gasteiger partial charge is 0.322 e. The number of fused-ring (bicyclic) bond motifs is 2. The Hall–Kier alpha value is -1.92. The summed E-state index contributed by atoms with van der Waals surface area (Å²) in [5.41, 5.74) is 0.114. The van der Waals surface area contributed by atoms with Gasteiger partial charge in [-0.2, -0.15) is 5.10 Å². The van der Waals surface area contributed by atoms with Crippen molar-refractivity contribution in [2.75, 3.05) is 0 Å². The molecule has 0 unspecified atom stereocenters. The van der Waals surface area contributed by atoms with Crippen molar-refractivity contribution in [1.29, 1.82) is 0 Å². The summed E-state index contributed by atoms with van der Waals surface area (Å²) < 4.78 is 1.38. The Bertz CT molecular complexity index is 625. The number of nitrogens with one attached hydrogen (secondary N) is 1. The quantitative estimate of drug-likeness (QED) is 0.682. The van der Waals surface area contributed by atoms with E-state index in [0.717, 1.165) is 12.3 Å². The molecule has 3 rings (SSSR count). The maximum atomic E-state index is 12.4. The van der Waals surface area contributed by atoms with Crippen LogP contribution in [-0.4, -0.2) is 26.7 Å². The number of nitrogens with zero attached hydrogens (tertiary/aromatic N) is 3. The monoisotopic (exact) mass is 306 g/mol. The Balaban J connectivity index is 1.75. The predicted molar refractivity (Wildman–Crippen MR) is 80.5 cm³/mol. The second-order valence-corrected chi connectivity index (χ2v) is 6.76. The molecule has 4 atom stereocenters. The molecule has 1 aromatic rings. The molecule has 0 radical (unpaired) electrons. The van der Waals surface area contributed by atoms with Gasteiger partial charge >= 0.3 is 5.69 Å². The molecule has 2 bridgehead atoms. The van der Waals surface area contributed by atoms with Crippen molar-refractivity contribution in [1.82, 2.24) is 15.1 Å². The highest BCUT2D eigenvalue weighted by Crippen LogP contribution is 2.49. The standard InChI is InChI=1S/C15H22N4O3/c1-8(12-7-10-4-5-11(12)6-10)16-15(20)13-14(19(21)22)9(2)18(3)17-13/h8,10-12H,4-7H2,1-3H3,(H,16,20)/t8-,10+,11+,12-/m0/s1. The van der Waals surface area contributed by atoms with Gasteiger partial charge in [-0.05, 0) is 50.9 Å². The molecule has 2 saturated carbocycles. The van der Waals surface area contributed by atoms with Crippen molar-refractivity contribution < 1.29 is 9.72 Å². The van der Waals surface area contributed by atoms with Gasteiger partial charge in [-0.3, -0.25) is 19.6 Å². The van der Waals surface area contributed by atoms with E-state index >= 15 is 0 Å². The third-order valence-corrected chi connectivity index (χ3v) is 5.49. The summed E-state index contributed by atoms with van der Waals surface area (Å²) in [6.07, 6.45) is 4.99. The topological polar surface area (TPSA) is 90.1 Å². The zero-order chi connectivity index (χ0) is 16.0. The van der Waals surface area contributed by atoms with Crippen molar-refractivity contribution in [2.45, 2.75) is 45.6 Å². The van der Waals surface area contributed by atoms with E-state index in [-0.39, 0.29) is 17.4 Å². The Morgan fingerprint density at radius 3 is 2.73 bits per heavy atom. The first-order valence-electron chi connectivity index (χ1n) is 7.87. The molecule has 2 aliphatic rings. The second-order valence-electron chi connectivity index (χ2n) is 6.76. The number of hydrogen-bond donors (Lipinski definition) is 1. The minimum atomic E-state index is -0.528. The maximum Gasteiger partial charge on any atom is 0.322 e. The van der Waals surface area contributed by atoms with E-state index in [2.05, 4.69) is 10.4 Å².